The number of rotatable bonds is 9. The third-order valence-electron chi connectivity index (χ3n) is 8.09. The molecule has 9 heteroatoms. The van der Waals surface area contributed by atoms with Crippen molar-refractivity contribution in [3.63, 3.8) is 0 Å². The quantitative estimate of drug-likeness (QED) is 0.323. The van der Waals surface area contributed by atoms with Crippen LogP contribution in [0, 0.1) is 19.8 Å². The van der Waals surface area contributed by atoms with Gasteiger partial charge in [-0.2, -0.15) is 0 Å². The number of anilines is 3. The Bertz CT molecular complexity index is 1400. The lowest BCUT2D eigenvalue weighted by Gasteiger charge is -2.38. The number of nitrogens with one attached hydrogen (secondary N) is 2. The number of para-hydroxylation sites is 1. The highest BCUT2D eigenvalue weighted by Gasteiger charge is 2.23. The first kappa shape index (κ1) is 28.8. The summed E-state index contributed by atoms with van der Waals surface area (Å²) in [7, 11) is 0. The summed E-state index contributed by atoms with van der Waals surface area (Å²) in [6, 6.07) is 14.0. The number of piperazine rings is 1. The fraction of sp³-hybridized carbons (Fsp3) is 0.438. The second-order valence-electron chi connectivity index (χ2n) is 11.1. The van der Waals surface area contributed by atoms with E-state index in [1.54, 1.807) is 11.4 Å². The minimum atomic E-state index is -0.284. The zero-order valence-corrected chi connectivity index (χ0v) is 24.8. The molecular formula is C32H39N5O3S. The van der Waals surface area contributed by atoms with Crippen LogP contribution in [0.1, 0.15) is 69.9 Å². The van der Waals surface area contributed by atoms with Gasteiger partial charge < -0.3 is 20.4 Å². The molecule has 2 amide bonds. The first-order valence-corrected chi connectivity index (χ1v) is 15.5. The summed E-state index contributed by atoms with van der Waals surface area (Å²) in [5.74, 6) is 0.355. The van der Waals surface area contributed by atoms with Crippen LogP contribution in [0.5, 0.6) is 0 Å². The number of nitrogens with zero attached hydrogens (tertiary/aromatic N) is 3. The molecule has 5 rings (SSSR count). The lowest BCUT2D eigenvalue weighted by atomic mass is 9.85. The minimum Gasteiger partial charge on any atom is -0.368 e. The largest absolute Gasteiger partial charge is 0.368 e. The molecule has 41 heavy (non-hydrogen) atoms. The SMILES string of the molecule is Cc1nc(C(=O)Nc2cc(C(=O)NCCCC3CCCC(=O)C3)ccc2N2CCN(c3ccccc3C)CC2)cs1. The van der Waals surface area contributed by atoms with Crippen LogP contribution in [0.15, 0.2) is 47.8 Å². The van der Waals surface area contributed by atoms with Gasteiger partial charge in [-0.05, 0) is 75.3 Å². The van der Waals surface area contributed by atoms with Gasteiger partial charge >= 0.3 is 0 Å². The average Bonchev–Trinajstić information content (AvgIpc) is 3.42. The highest BCUT2D eigenvalue weighted by atomic mass is 32.1. The fourth-order valence-electron chi connectivity index (χ4n) is 5.87. The first-order valence-electron chi connectivity index (χ1n) is 14.6. The molecule has 8 nitrogen and oxygen atoms in total. The van der Waals surface area contributed by atoms with Crippen molar-refractivity contribution in [3.8, 4) is 0 Å². The Hall–Kier alpha value is -3.72. The van der Waals surface area contributed by atoms with Gasteiger partial charge in [0, 0.05) is 62.2 Å². The van der Waals surface area contributed by atoms with Crippen LogP contribution in [0.4, 0.5) is 17.1 Å². The first-order chi connectivity index (χ1) is 19.9. The van der Waals surface area contributed by atoms with Crippen LogP contribution in [0.3, 0.4) is 0 Å². The highest BCUT2D eigenvalue weighted by molar-refractivity contribution is 7.09. The highest BCUT2D eigenvalue weighted by Crippen LogP contribution is 2.31. The molecule has 2 heterocycles. The van der Waals surface area contributed by atoms with Crippen molar-refractivity contribution < 1.29 is 14.4 Å². The van der Waals surface area contributed by atoms with E-state index in [2.05, 4.69) is 56.6 Å². The number of aromatic nitrogens is 1. The van der Waals surface area contributed by atoms with Crippen molar-refractivity contribution in [2.75, 3.05) is 47.8 Å². The number of carbonyl (C=O) groups excluding carboxylic acids is 3. The maximum Gasteiger partial charge on any atom is 0.275 e. The van der Waals surface area contributed by atoms with Crippen molar-refractivity contribution in [2.24, 2.45) is 5.92 Å². The van der Waals surface area contributed by atoms with Crippen LogP contribution in [0.2, 0.25) is 0 Å². The molecule has 1 aliphatic heterocycles. The van der Waals surface area contributed by atoms with Gasteiger partial charge in [0.2, 0.25) is 0 Å². The van der Waals surface area contributed by atoms with E-state index in [1.807, 2.05) is 19.1 Å². The molecule has 1 aromatic heterocycles. The lowest BCUT2D eigenvalue weighted by molar-refractivity contribution is -0.121. The van der Waals surface area contributed by atoms with Crippen LogP contribution >= 0.6 is 11.3 Å². The Labute approximate surface area is 246 Å². The summed E-state index contributed by atoms with van der Waals surface area (Å²) < 4.78 is 0. The number of Topliss-reactive ketones (excluding diaryl/α,β-unsaturated/α-hetero) is 1. The third kappa shape index (κ3) is 7.33. The lowest BCUT2D eigenvalue weighted by Crippen LogP contribution is -2.47. The molecule has 1 unspecified atom stereocenters. The van der Waals surface area contributed by atoms with Crippen LogP contribution in [-0.2, 0) is 4.79 Å². The monoisotopic (exact) mass is 573 g/mol. The Balaban J connectivity index is 1.26. The van der Waals surface area contributed by atoms with Gasteiger partial charge in [0.05, 0.1) is 16.4 Å². The molecule has 2 aromatic carbocycles. The fourth-order valence-corrected chi connectivity index (χ4v) is 6.46. The van der Waals surface area contributed by atoms with Crippen molar-refractivity contribution in [1.29, 1.82) is 0 Å². The van der Waals surface area contributed by atoms with E-state index in [4.69, 9.17) is 0 Å². The molecule has 216 valence electrons. The number of thiazole rings is 1. The number of ketones is 1. The van der Waals surface area contributed by atoms with Crippen LogP contribution in [-0.4, -0.2) is 55.3 Å². The van der Waals surface area contributed by atoms with Gasteiger partial charge in [0.25, 0.3) is 11.8 Å². The molecule has 1 saturated heterocycles. The normalized spacial score (nSPS) is 17.4. The maximum atomic E-state index is 13.1. The second kappa shape index (κ2) is 13.3. The van der Waals surface area contributed by atoms with E-state index in [9.17, 15) is 14.4 Å². The van der Waals surface area contributed by atoms with E-state index in [0.717, 1.165) is 62.6 Å². The van der Waals surface area contributed by atoms with E-state index in [1.165, 1.54) is 22.6 Å². The Kier molecular flexibility index (Phi) is 9.34. The number of hydrogen-bond donors (Lipinski definition) is 2. The Morgan fingerprint density at radius 1 is 1.00 bits per heavy atom. The van der Waals surface area contributed by atoms with Crippen molar-refractivity contribution >= 4 is 46.0 Å². The van der Waals surface area contributed by atoms with Crippen molar-refractivity contribution in [1.82, 2.24) is 10.3 Å². The molecule has 2 N–H and O–H groups in total. The summed E-state index contributed by atoms with van der Waals surface area (Å²) >= 11 is 1.43. The summed E-state index contributed by atoms with van der Waals surface area (Å²) in [4.78, 5) is 46.9. The van der Waals surface area contributed by atoms with Crippen molar-refractivity contribution in [3.05, 3.63) is 69.7 Å². The van der Waals surface area contributed by atoms with Gasteiger partial charge in [-0.3, -0.25) is 14.4 Å². The van der Waals surface area contributed by atoms with Gasteiger partial charge in [0.15, 0.2) is 0 Å². The summed E-state index contributed by atoms with van der Waals surface area (Å²) in [6.45, 7) is 7.88. The Morgan fingerprint density at radius 2 is 1.76 bits per heavy atom. The predicted molar refractivity (Wildman–Crippen MR) is 165 cm³/mol. The molecule has 1 atom stereocenters. The van der Waals surface area contributed by atoms with E-state index < -0.39 is 0 Å². The Morgan fingerprint density at radius 3 is 2.46 bits per heavy atom. The third-order valence-corrected chi connectivity index (χ3v) is 8.87. The van der Waals surface area contributed by atoms with Gasteiger partial charge in [-0.15, -0.1) is 11.3 Å². The van der Waals surface area contributed by atoms with Gasteiger partial charge in [-0.25, -0.2) is 4.98 Å². The molecular weight excluding hydrogens is 534 g/mol. The number of hydrogen-bond acceptors (Lipinski definition) is 7. The van der Waals surface area contributed by atoms with Gasteiger partial charge in [0.1, 0.15) is 11.5 Å². The summed E-state index contributed by atoms with van der Waals surface area (Å²) in [5, 5.41) is 8.64. The maximum absolute atomic E-state index is 13.1. The number of benzene rings is 2. The molecule has 2 aliphatic rings. The minimum absolute atomic E-state index is 0.166. The average molecular weight is 574 g/mol. The van der Waals surface area contributed by atoms with Gasteiger partial charge in [-0.1, -0.05) is 18.2 Å². The standard InChI is InChI=1S/C32H39N5O3S/c1-22-7-3-4-11-29(22)36-15-17-37(18-16-36)30-13-12-25(20-27(30)35-32(40)28-21-41-23(2)34-28)31(39)33-14-6-9-24-8-5-10-26(38)19-24/h3-4,7,11-13,20-21,24H,5-6,8-10,14-19H2,1-2H3,(H,33,39)(H,35,40). The molecule has 0 spiro atoms. The predicted octanol–water partition coefficient (Wildman–Crippen LogP) is 5.61. The number of carbonyl (C=O) groups is 3. The molecule has 2 fully saturated rings. The molecule has 0 radical (unpaired) electrons. The van der Waals surface area contributed by atoms with E-state index in [-0.39, 0.29) is 11.8 Å². The molecule has 1 saturated carbocycles. The molecule has 3 aromatic rings. The molecule has 0 bridgehead atoms. The number of aryl methyl sites for hydroxylation is 2. The topological polar surface area (TPSA) is 94.6 Å². The zero-order chi connectivity index (χ0) is 28.8. The second-order valence-corrected chi connectivity index (χ2v) is 12.2. The number of amides is 2. The smallest absolute Gasteiger partial charge is 0.275 e. The van der Waals surface area contributed by atoms with E-state index >= 15 is 0 Å². The van der Waals surface area contributed by atoms with E-state index in [0.29, 0.717) is 48.0 Å². The van der Waals surface area contributed by atoms with Crippen LogP contribution in [0.25, 0.3) is 0 Å². The van der Waals surface area contributed by atoms with Crippen LogP contribution < -0.4 is 20.4 Å². The summed E-state index contributed by atoms with van der Waals surface area (Å²) in [6.07, 6.45) is 5.27. The molecule has 1 aliphatic carbocycles. The van der Waals surface area contributed by atoms with Crippen molar-refractivity contribution in [2.45, 2.75) is 52.4 Å². The zero-order valence-electron chi connectivity index (χ0n) is 23.9. The summed E-state index contributed by atoms with van der Waals surface area (Å²) in [5.41, 5.74) is 4.90.